The fourth-order valence-corrected chi connectivity index (χ4v) is 6.06. The van der Waals surface area contributed by atoms with Crippen LogP contribution >= 0.6 is 34.8 Å². The zero-order chi connectivity index (χ0) is 26.8. The van der Waals surface area contributed by atoms with Gasteiger partial charge in [-0.25, -0.2) is 0 Å². The highest BCUT2D eigenvalue weighted by atomic mass is 35.5. The van der Waals surface area contributed by atoms with Gasteiger partial charge in [0.05, 0.1) is 37.1 Å². The highest BCUT2D eigenvalue weighted by Gasteiger charge is 2.21. The molecule has 2 heterocycles. The van der Waals surface area contributed by atoms with E-state index < -0.39 is 0 Å². The van der Waals surface area contributed by atoms with Crippen molar-refractivity contribution < 1.29 is 0 Å². The van der Waals surface area contributed by atoms with Crippen molar-refractivity contribution in [3.05, 3.63) is 139 Å². The molecule has 188 valence electrons. The topological polar surface area (TPSA) is 44.0 Å². The Morgan fingerprint density at radius 1 is 0.462 bits per heavy atom. The van der Waals surface area contributed by atoms with Gasteiger partial charge >= 0.3 is 0 Å². The Bertz CT molecular complexity index is 2240. The summed E-state index contributed by atoms with van der Waals surface area (Å²) in [6.07, 6.45) is 0. The summed E-state index contributed by atoms with van der Waals surface area (Å²) in [6.45, 7) is 0. The van der Waals surface area contributed by atoms with Crippen molar-refractivity contribution >= 4 is 78.4 Å². The molecule has 0 radical (unpaired) electrons. The lowest BCUT2D eigenvalue weighted by Crippen LogP contribution is -2.15. The lowest BCUT2D eigenvalue weighted by molar-refractivity contribution is 1.15. The van der Waals surface area contributed by atoms with E-state index in [2.05, 4.69) is 0 Å². The van der Waals surface area contributed by atoms with E-state index in [4.69, 9.17) is 34.8 Å². The van der Waals surface area contributed by atoms with Crippen LogP contribution in [-0.2, 0) is 0 Å². The molecule has 0 aliphatic carbocycles. The Hall–Kier alpha value is -4.09. The average Bonchev–Trinajstić information content (AvgIpc) is 2.96. The number of rotatable bonds is 2. The number of benzene rings is 5. The van der Waals surface area contributed by atoms with Crippen molar-refractivity contribution in [1.29, 1.82) is 0 Å². The van der Waals surface area contributed by atoms with Crippen molar-refractivity contribution in [2.45, 2.75) is 0 Å². The van der Waals surface area contributed by atoms with Crippen LogP contribution < -0.4 is 10.9 Å². The molecule has 0 N–H and O–H groups in total. The fraction of sp³-hybridized carbons (Fsp3) is 0. The van der Waals surface area contributed by atoms with E-state index in [0.717, 1.165) is 11.4 Å². The third kappa shape index (κ3) is 3.53. The summed E-state index contributed by atoms with van der Waals surface area (Å²) in [5.41, 5.74) is 3.41. The van der Waals surface area contributed by atoms with Crippen molar-refractivity contribution in [3.63, 3.8) is 0 Å². The zero-order valence-corrected chi connectivity index (χ0v) is 22.4. The number of para-hydroxylation sites is 3. The quantitative estimate of drug-likeness (QED) is 0.196. The van der Waals surface area contributed by atoms with Gasteiger partial charge in [0, 0.05) is 32.9 Å². The van der Waals surface area contributed by atoms with Crippen molar-refractivity contribution in [1.82, 2.24) is 9.13 Å². The van der Waals surface area contributed by atoms with Gasteiger partial charge in [-0.05, 0) is 60.7 Å². The van der Waals surface area contributed by atoms with Crippen molar-refractivity contribution in [2.75, 3.05) is 0 Å². The highest BCUT2D eigenvalue weighted by molar-refractivity contribution is 6.45. The molecule has 0 aliphatic rings. The van der Waals surface area contributed by atoms with Crippen molar-refractivity contribution in [3.8, 4) is 11.4 Å². The van der Waals surface area contributed by atoms with Crippen LogP contribution in [0.2, 0.25) is 15.1 Å². The smallest absolute Gasteiger partial charge is 0.197 e. The van der Waals surface area contributed by atoms with Crippen LogP contribution in [0.1, 0.15) is 0 Å². The first-order chi connectivity index (χ1) is 19.0. The van der Waals surface area contributed by atoms with E-state index >= 15 is 0 Å². The predicted octanol–water partition coefficient (Wildman–Crippen LogP) is 8.56. The van der Waals surface area contributed by atoms with Gasteiger partial charge in [0.25, 0.3) is 0 Å². The van der Waals surface area contributed by atoms with E-state index in [-0.39, 0.29) is 15.9 Å². The number of nitrogens with zero attached hydrogens (tertiary/aromatic N) is 2. The lowest BCUT2D eigenvalue weighted by atomic mass is 10.0. The molecule has 7 aromatic rings. The van der Waals surface area contributed by atoms with Gasteiger partial charge in [0.1, 0.15) is 0 Å². The molecule has 7 rings (SSSR count). The average molecular weight is 568 g/mol. The Morgan fingerprint density at radius 2 is 0.974 bits per heavy atom. The number of hydrogen-bond acceptors (Lipinski definition) is 2. The molecule has 39 heavy (non-hydrogen) atoms. The first kappa shape index (κ1) is 24.0. The van der Waals surface area contributed by atoms with Gasteiger partial charge in [-0.1, -0.05) is 77.3 Å². The molecule has 0 saturated carbocycles. The zero-order valence-electron chi connectivity index (χ0n) is 20.2. The van der Waals surface area contributed by atoms with Gasteiger partial charge in [0.2, 0.25) is 0 Å². The molecule has 0 atom stereocenters. The number of fused-ring (bicyclic) bond motifs is 4. The minimum absolute atomic E-state index is 0.180. The maximum atomic E-state index is 14.0. The van der Waals surface area contributed by atoms with E-state index in [1.807, 2.05) is 69.8 Å². The number of pyridine rings is 2. The summed E-state index contributed by atoms with van der Waals surface area (Å²) in [6, 6.07) is 31.4. The monoisotopic (exact) mass is 566 g/mol. The van der Waals surface area contributed by atoms with Gasteiger partial charge < -0.3 is 9.13 Å². The lowest BCUT2D eigenvalue weighted by Gasteiger charge is -2.20. The molecule has 0 bridgehead atoms. The maximum absolute atomic E-state index is 14.0. The molecule has 0 fully saturated rings. The second-order valence-corrected chi connectivity index (χ2v) is 10.5. The number of aromatic nitrogens is 2. The highest BCUT2D eigenvalue weighted by Crippen LogP contribution is 2.36. The molecule has 0 spiro atoms. The summed E-state index contributed by atoms with van der Waals surface area (Å²) < 4.78 is 3.84. The number of halogens is 3. The first-order valence-corrected chi connectivity index (χ1v) is 13.3. The van der Waals surface area contributed by atoms with Gasteiger partial charge in [-0.15, -0.1) is 0 Å². The summed E-state index contributed by atoms with van der Waals surface area (Å²) in [5.74, 6) is 0. The Kier molecular flexibility index (Phi) is 5.53. The third-order valence-corrected chi connectivity index (χ3v) is 8.21. The van der Waals surface area contributed by atoms with E-state index in [1.54, 1.807) is 42.5 Å². The summed E-state index contributed by atoms with van der Waals surface area (Å²) in [7, 11) is 0. The summed E-state index contributed by atoms with van der Waals surface area (Å²) in [4.78, 5) is 28.0. The molecule has 2 aromatic heterocycles. The van der Waals surface area contributed by atoms with E-state index in [0.29, 0.717) is 53.7 Å². The van der Waals surface area contributed by atoms with Crippen LogP contribution in [0.3, 0.4) is 0 Å². The maximum Gasteiger partial charge on any atom is 0.197 e. The van der Waals surface area contributed by atoms with Crippen LogP contribution in [0.15, 0.2) is 113 Å². The largest absolute Gasteiger partial charge is 0.307 e. The molecule has 0 unspecified atom stereocenters. The van der Waals surface area contributed by atoms with E-state index in [1.165, 1.54) is 0 Å². The van der Waals surface area contributed by atoms with Crippen LogP contribution in [0.5, 0.6) is 0 Å². The summed E-state index contributed by atoms with van der Waals surface area (Å²) >= 11 is 19.9. The Balaban J connectivity index is 1.80. The third-order valence-electron chi connectivity index (χ3n) is 7.11. The SMILES string of the molecule is O=c1c2cc3c(cc2n(-c2ccccc2)c2c(Cl)cccc12)c(=O)c1ccc(Cl)c(Cl)c1n3-c1ccccc1. The molecule has 0 amide bonds. The van der Waals surface area contributed by atoms with Gasteiger partial charge in [0.15, 0.2) is 10.9 Å². The fourth-order valence-electron chi connectivity index (χ4n) is 5.40. The molecular formula is C32H17Cl3N2O2. The molecule has 0 aliphatic heterocycles. The van der Waals surface area contributed by atoms with Crippen molar-refractivity contribution in [2.24, 2.45) is 0 Å². The van der Waals surface area contributed by atoms with Crippen LogP contribution in [0.25, 0.3) is 55.0 Å². The molecule has 5 aromatic carbocycles. The Labute approximate surface area is 236 Å². The summed E-state index contributed by atoms with van der Waals surface area (Å²) in [5, 5.41) is 2.83. The predicted molar refractivity (Wildman–Crippen MR) is 163 cm³/mol. The minimum Gasteiger partial charge on any atom is -0.307 e. The molecular weight excluding hydrogens is 551 g/mol. The van der Waals surface area contributed by atoms with Gasteiger partial charge in [-0.3, -0.25) is 9.59 Å². The van der Waals surface area contributed by atoms with Crippen LogP contribution in [-0.4, -0.2) is 9.13 Å². The number of hydrogen-bond donors (Lipinski definition) is 0. The normalized spacial score (nSPS) is 11.7. The molecule has 0 saturated heterocycles. The van der Waals surface area contributed by atoms with E-state index in [9.17, 15) is 9.59 Å². The van der Waals surface area contributed by atoms with Crippen LogP contribution in [0, 0.1) is 0 Å². The molecule has 4 nitrogen and oxygen atoms in total. The first-order valence-electron chi connectivity index (χ1n) is 12.2. The van der Waals surface area contributed by atoms with Crippen LogP contribution in [0.4, 0.5) is 0 Å². The van der Waals surface area contributed by atoms with Gasteiger partial charge in [-0.2, -0.15) is 0 Å². The molecule has 7 heteroatoms. The second-order valence-electron chi connectivity index (χ2n) is 9.28. The Morgan fingerprint density at radius 3 is 1.54 bits per heavy atom. The minimum atomic E-state index is -0.209. The second kappa shape index (κ2) is 8.99. The standard InChI is InChI=1S/C32H17Cl3N2O2/c33-24-15-14-21-30(28(24)35)37(19-10-5-2-6-11-19)27-17-22-26(16-23(27)32(21)39)36(18-8-3-1-4-9-18)29-20(31(22)38)12-7-13-25(29)34/h1-17H.